The van der Waals surface area contributed by atoms with E-state index in [0.29, 0.717) is 11.7 Å². The smallest absolute Gasteiger partial charge is 0.323 e. The number of nitrogens with one attached hydrogen (secondary N) is 1. The predicted molar refractivity (Wildman–Crippen MR) is 69.2 cm³/mol. The van der Waals surface area contributed by atoms with Crippen molar-refractivity contribution in [2.45, 2.75) is 6.54 Å². The molecule has 1 aromatic carbocycles. The lowest BCUT2D eigenvalue weighted by atomic mass is 10.2. The zero-order chi connectivity index (χ0) is 12.1. The van der Waals surface area contributed by atoms with Gasteiger partial charge in [-0.3, -0.25) is 4.90 Å². The van der Waals surface area contributed by atoms with Crippen LogP contribution in [0, 0.1) is 0 Å². The van der Waals surface area contributed by atoms with E-state index in [9.17, 15) is 4.79 Å². The van der Waals surface area contributed by atoms with Crippen LogP contribution < -0.4 is 10.2 Å². The zero-order valence-electron chi connectivity index (χ0n) is 9.46. The zero-order valence-corrected chi connectivity index (χ0v) is 10.3. The van der Waals surface area contributed by atoms with Gasteiger partial charge in [-0.2, -0.15) is 0 Å². The summed E-state index contributed by atoms with van der Waals surface area (Å²) in [4.78, 5) is 17.4. The van der Waals surface area contributed by atoms with Crippen LogP contribution in [0.1, 0.15) is 5.56 Å². The summed E-state index contributed by atoms with van der Waals surface area (Å²) in [6, 6.07) is 9.65. The van der Waals surface area contributed by atoms with E-state index < -0.39 is 0 Å². The highest BCUT2D eigenvalue weighted by Crippen LogP contribution is 2.15. The minimum atomic E-state index is -0.149. The summed E-state index contributed by atoms with van der Waals surface area (Å²) in [5.41, 5.74) is 1.08. The molecule has 0 atom stereocenters. The number of carbonyl (C=O) groups is 1. The van der Waals surface area contributed by atoms with E-state index in [1.54, 1.807) is 13.2 Å². The normalized spacial score (nSPS) is 9.94. The molecule has 5 heteroatoms. The Morgan fingerprint density at radius 1 is 1.41 bits per heavy atom. The number of amides is 2. The Morgan fingerprint density at radius 3 is 2.82 bits per heavy atom. The topological polar surface area (TPSA) is 45.2 Å². The maximum absolute atomic E-state index is 11.8. The standard InChI is InChI=1S/C12H13N3OS/c1-15(12-13-7-8-17-12)11(16)14-9-10-5-3-2-4-6-10/h2-8H,9H2,1H3,(H,14,16). The first-order chi connectivity index (χ1) is 8.27. The van der Waals surface area contributed by atoms with Crippen molar-refractivity contribution in [3.8, 4) is 0 Å². The minimum Gasteiger partial charge on any atom is -0.334 e. The van der Waals surface area contributed by atoms with E-state index in [-0.39, 0.29) is 6.03 Å². The van der Waals surface area contributed by atoms with Gasteiger partial charge in [-0.25, -0.2) is 9.78 Å². The van der Waals surface area contributed by atoms with Gasteiger partial charge in [-0.05, 0) is 5.56 Å². The molecule has 0 aliphatic heterocycles. The van der Waals surface area contributed by atoms with Crippen molar-refractivity contribution in [1.82, 2.24) is 10.3 Å². The summed E-state index contributed by atoms with van der Waals surface area (Å²) in [6.07, 6.45) is 1.68. The molecule has 2 rings (SSSR count). The van der Waals surface area contributed by atoms with Gasteiger partial charge in [0.05, 0.1) is 0 Å². The fourth-order valence-electron chi connectivity index (χ4n) is 1.36. The number of anilines is 1. The molecule has 88 valence electrons. The monoisotopic (exact) mass is 247 g/mol. The second-order valence-corrected chi connectivity index (χ2v) is 4.39. The van der Waals surface area contributed by atoms with Crippen LogP contribution in [-0.2, 0) is 6.54 Å². The van der Waals surface area contributed by atoms with Crippen molar-refractivity contribution < 1.29 is 4.79 Å². The van der Waals surface area contributed by atoms with Gasteiger partial charge in [0.25, 0.3) is 0 Å². The lowest BCUT2D eigenvalue weighted by Crippen LogP contribution is -2.36. The number of hydrogen-bond donors (Lipinski definition) is 1. The highest BCUT2D eigenvalue weighted by molar-refractivity contribution is 7.13. The number of thiazole rings is 1. The van der Waals surface area contributed by atoms with Crippen molar-refractivity contribution in [2.75, 3.05) is 11.9 Å². The Hall–Kier alpha value is -1.88. The third-order valence-corrected chi connectivity index (χ3v) is 3.15. The molecule has 0 saturated carbocycles. The van der Waals surface area contributed by atoms with Crippen molar-refractivity contribution in [3.05, 3.63) is 47.5 Å². The molecule has 2 amide bonds. The molecule has 0 unspecified atom stereocenters. The molecular formula is C12H13N3OS. The molecule has 2 aromatic rings. The first kappa shape index (κ1) is 11.6. The van der Waals surface area contributed by atoms with Gasteiger partial charge in [0.15, 0.2) is 5.13 Å². The number of urea groups is 1. The SMILES string of the molecule is CN(C(=O)NCc1ccccc1)c1nccs1. The fraction of sp³-hybridized carbons (Fsp3) is 0.167. The molecular weight excluding hydrogens is 234 g/mol. The molecule has 1 N–H and O–H groups in total. The Labute approximate surface area is 104 Å². The van der Waals surface area contributed by atoms with Crippen LogP contribution in [0.5, 0.6) is 0 Å². The van der Waals surface area contributed by atoms with E-state index in [1.165, 1.54) is 16.2 Å². The first-order valence-electron chi connectivity index (χ1n) is 5.22. The summed E-state index contributed by atoms with van der Waals surface area (Å²) in [6.45, 7) is 0.523. The molecule has 0 aliphatic carbocycles. The molecule has 1 heterocycles. The summed E-state index contributed by atoms with van der Waals surface area (Å²) in [5, 5.41) is 5.37. The van der Waals surface area contributed by atoms with E-state index in [0.717, 1.165) is 5.56 Å². The maximum atomic E-state index is 11.8. The molecule has 1 aromatic heterocycles. The second-order valence-electron chi connectivity index (χ2n) is 3.52. The highest BCUT2D eigenvalue weighted by atomic mass is 32.1. The van der Waals surface area contributed by atoms with Gasteiger partial charge in [0.1, 0.15) is 0 Å². The van der Waals surface area contributed by atoms with E-state index >= 15 is 0 Å². The first-order valence-corrected chi connectivity index (χ1v) is 6.10. The van der Waals surface area contributed by atoms with Gasteiger partial charge < -0.3 is 5.32 Å². The van der Waals surface area contributed by atoms with Crippen LogP contribution >= 0.6 is 11.3 Å². The Kier molecular flexibility index (Phi) is 3.72. The summed E-state index contributed by atoms with van der Waals surface area (Å²) in [5.74, 6) is 0. The third-order valence-electron chi connectivity index (χ3n) is 2.30. The van der Waals surface area contributed by atoms with Crippen molar-refractivity contribution in [2.24, 2.45) is 0 Å². The lowest BCUT2D eigenvalue weighted by Gasteiger charge is -2.14. The van der Waals surface area contributed by atoms with E-state index in [4.69, 9.17) is 0 Å². The van der Waals surface area contributed by atoms with Gasteiger partial charge in [-0.1, -0.05) is 30.3 Å². The molecule has 0 saturated heterocycles. The van der Waals surface area contributed by atoms with Gasteiger partial charge in [0, 0.05) is 25.2 Å². The third kappa shape index (κ3) is 3.04. The molecule has 0 radical (unpaired) electrons. The summed E-state index contributed by atoms with van der Waals surface area (Å²) < 4.78 is 0. The van der Waals surface area contributed by atoms with Crippen molar-refractivity contribution >= 4 is 22.5 Å². The largest absolute Gasteiger partial charge is 0.334 e. The second kappa shape index (κ2) is 5.45. The van der Waals surface area contributed by atoms with Crippen LogP contribution in [0.15, 0.2) is 41.9 Å². The Bertz CT molecular complexity index is 470. The quantitative estimate of drug-likeness (QED) is 0.905. The van der Waals surface area contributed by atoms with Gasteiger partial charge in [0.2, 0.25) is 0 Å². The molecule has 4 nitrogen and oxygen atoms in total. The average molecular weight is 247 g/mol. The number of aromatic nitrogens is 1. The number of rotatable bonds is 3. The van der Waals surface area contributed by atoms with Crippen molar-refractivity contribution in [1.29, 1.82) is 0 Å². The Balaban J connectivity index is 1.90. The highest BCUT2D eigenvalue weighted by Gasteiger charge is 2.11. The lowest BCUT2D eigenvalue weighted by molar-refractivity contribution is 0.247. The number of benzene rings is 1. The van der Waals surface area contributed by atoms with Gasteiger partial charge in [-0.15, -0.1) is 11.3 Å². The maximum Gasteiger partial charge on any atom is 0.323 e. The van der Waals surface area contributed by atoms with Crippen LogP contribution in [0.4, 0.5) is 9.93 Å². The van der Waals surface area contributed by atoms with Crippen LogP contribution in [0.25, 0.3) is 0 Å². The van der Waals surface area contributed by atoms with Crippen LogP contribution in [0.2, 0.25) is 0 Å². The van der Waals surface area contributed by atoms with Crippen LogP contribution in [0.3, 0.4) is 0 Å². The molecule has 0 fully saturated rings. The predicted octanol–water partition coefficient (Wildman–Crippen LogP) is 2.49. The van der Waals surface area contributed by atoms with Crippen LogP contribution in [-0.4, -0.2) is 18.1 Å². The summed E-state index contributed by atoms with van der Waals surface area (Å²) >= 11 is 1.44. The summed E-state index contributed by atoms with van der Waals surface area (Å²) in [7, 11) is 1.71. The average Bonchev–Trinajstić information content (AvgIpc) is 2.90. The molecule has 0 spiro atoms. The minimum absolute atomic E-state index is 0.149. The molecule has 0 aliphatic rings. The molecule has 0 bridgehead atoms. The van der Waals surface area contributed by atoms with Gasteiger partial charge >= 0.3 is 6.03 Å². The fourth-order valence-corrected chi connectivity index (χ4v) is 1.97. The van der Waals surface area contributed by atoms with E-state index in [1.807, 2.05) is 35.7 Å². The number of carbonyl (C=O) groups excluding carboxylic acids is 1. The Morgan fingerprint density at radius 2 is 2.18 bits per heavy atom. The number of nitrogens with zero attached hydrogens (tertiary/aromatic N) is 2. The van der Waals surface area contributed by atoms with E-state index in [2.05, 4.69) is 10.3 Å². The molecule has 17 heavy (non-hydrogen) atoms. The van der Waals surface area contributed by atoms with Crippen molar-refractivity contribution in [3.63, 3.8) is 0 Å². The number of hydrogen-bond acceptors (Lipinski definition) is 3.